The van der Waals surface area contributed by atoms with Gasteiger partial charge in [-0.2, -0.15) is 52.7 Å². The first kappa shape index (κ1) is 55.9. The van der Waals surface area contributed by atoms with E-state index in [4.69, 9.17) is 4.42 Å². The summed E-state index contributed by atoms with van der Waals surface area (Å²) in [5.74, 6) is 0.240. The number of alkyl halides is 12. The smallest absolute Gasteiger partial charge is 0.421 e. The molecule has 70 heavy (non-hydrogen) atoms. The number of ketones is 1. The second-order valence-corrected chi connectivity index (χ2v) is 22.3. The van der Waals surface area contributed by atoms with Crippen molar-refractivity contribution < 1.29 is 81.5 Å². The number of rotatable bonds is 10. The summed E-state index contributed by atoms with van der Waals surface area (Å²) in [6.07, 6.45) is -22.4. The van der Waals surface area contributed by atoms with E-state index in [1.165, 1.54) is 6.92 Å². The van der Waals surface area contributed by atoms with Crippen LogP contribution in [-0.2, 0) is 46.5 Å². The Morgan fingerprint density at radius 1 is 0.657 bits per heavy atom. The van der Waals surface area contributed by atoms with Crippen molar-refractivity contribution in [3.05, 3.63) is 130 Å². The molecule has 0 spiro atoms. The highest BCUT2D eigenvalue weighted by atomic mass is 36.0. The number of Topliss-reactive ketones (excluding diaryl/α,β-unsaturated/α-hetero) is 1. The Labute approximate surface area is 404 Å². The van der Waals surface area contributed by atoms with Gasteiger partial charge in [0.1, 0.15) is 0 Å². The Kier molecular flexibility index (Phi) is 16.7. The molecule has 3 heterocycles. The van der Waals surface area contributed by atoms with Crippen molar-refractivity contribution in [3.63, 3.8) is 0 Å². The number of fused-ring (bicyclic) bond motifs is 2. The lowest BCUT2D eigenvalue weighted by molar-refractivity contribution is -0.376. The van der Waals surface area contributed by atoms with Crippen LogP contribution in [0, 0.1) is 6.92 Å². The van der Waals surface area contributed by atoms with Gasteiger partial charge in [-0.3, -0.25) is 14.2 Å². The predicted octanol–water partition coefficient (Wildman–Crippen LogP) is 11.6. The summed E-state index contributed by atoms with van der Waals surface area (Å²) in [5, 5.41) is 26.0. The number of hydrogen-bond acceptors (Lipinski definition) is 10. The minimum atomic E-state index is -5.93. The standard InChI is InChI=1S/C22H20F6N2O3.C21H17F6N3O2.Cl3OP/c1-13(31)29-11-19(32)16-4-7-18-15(10-16)8-9-30(18)12-14-2-5-17(6-3-14)20(33,21(23,24)25)22(26,27)28;1-12-28-29-18(32-12)15-4-7-17-14(10-15)8-9-30(17)11-13-2-5-16(6-3-13)19(31,20(22,23)24)21(25,26)27;1-5(2,3)4/h2-7,10,33H,8-9,11-12H2,1H3,(H,29,31);2-7,10,31H,8-9,11H2,1H3;. The average Bonchev–Trinajstić information content (AvgIpc) is 3.98. The molecule has 27 heteroatoms. The topological polar surface area (TPSA) is 149 Å². The van der Waals surface area contributed by atoms with Crippen LogP contribution >= 0.6 is 38.9 Å². The van der Waals surface area contributed by atoms with Gasteiger partial charge in [0, 0.05) is 73.7 Å². The van der Waals surface area contributed by atoms with E-state index in [0.29, 0.717) is 78.7 Å². The summed E-state index contributed by atoms with van der Waals surface area (Å²) in [4.78, 5) is 27.0. The van der Waals surface area contributed by atoms with Crippen molar-refractivity contribution in [2.75, 3.05) is 29.4 Å². The van der Waals surface area contributed by atoms with Gasteiger partial charge in [-0.05, 0) is 105 Å². The van der Waals surface area contributed by atoms with Crippen molar-refractivity contribution in [1.82, 2.24) is 15.5 Å². The fraction of sp³-hybridized carbons (Fsp3) is 0.349. The number of nitrogens with zero attached hydrogens (tertiary/aromatic N) is 4. The molecule has 5 aromatic rings. The van der Waals surface area contributed by atoms with Gasteiger partial charge >= 0.3 is 29.9 Å². The van der Waals surface area contributed by atoms with Gasteiger partial charge in [-0.15, -0.1) is 10.2 Å². The highest BCUT2D eigenvalue weighted by molar-refractivity contribution is 8.24. The molecule has 3 N–H and O–H groups in total. The SMILES string of the molecule is CC(=O)NCC(=O)c1ccc2c(c1)CCN2Cc1ccc(C(O)(C(F)(F)F)C(F)(F)F)cc1.Cc1nnc(-c2ccc3c(c2)CCN3Cc2ccc(C(O)(C(F)(F)F)C(F)(F)F)cc2)o1.O=P(Cl)(Cl)Cl. The summed E-state index contributed by atoms with van der Waals surface area (Å²) in [5.41, 5.74) is -6.77. The highest BCUT2D eigenvalue weighted by Crippen LogP contribution is 2.61. The molecule has 11 nitrogen and oxygen atoms in total. The summed E-state index contributed by atoms with van der Waals surface area (Å²) in [6, 6.07) is 17.7. The van der Waals surface area contributed by atoms with Gasteiger partial charge in [0.05, 0.1) is 6.54 Å². The third kappa shape index (κ3) is 12.9. The van der Waals surface area contributed by atoms with Crippen molar-refractivity contribution in [2.24, 2.45) is 0 Å². The summed E-state index contributed by atoms with van der Waals surface area (Å²) in [7, 11) is 0. The lowest BCUT2D eigenvalue weighted by atomic mass is 9.91. The maximum Gasteiger partial charge on any atom is 0.430 e. The minimum Gasteiger partial charge on any atom is -0.421 e. The zero-order chi connectivity index (χ0) is 52.4. The molecular formula is C43H37Cl3F12N5O6P. The Morgan fingerprint density at radius 3 is 1.43 bits per heavy atom. The molecule has 0 unspecified atom stereocenters. The van der Waals surface area contributed by atoms with Crippen LogP contribution in [0.5, 0.6) is 0 Å². The van der Waals surface area contributed by atoms with Gasteiger partial charge in [-0.25, -0.2) is 0 Å². The van der Waals surface area contributed by atoms with Gasteiger partial charge in [0.2, 0.25) is 17.7 Å². The second kappa shape index (κ2) is 21.0. The number of nitrogens with one attached hydrogen (secondary N) is 1. The number of carbonyl (C=O) groups is 2. The van der Waals surface area contributed by atoms with E-state index in [1.807, 2.05) is 21.9 Å². The van der Waals surface area contributed by atoms with Gasteiger partial charge in [-0.1, -0.05) is 48.5 Å². The van der Waals surface area contributed by atoms with E-state index in [2.05, 4.69) is 49.2 Å². The monoisotopic (exact) mass is 1080 g/mol. The quantitative estimate of drug-likeness (QED) is 0.0701. The zero-order valence-electron chi connectivity index (χ0n) is 36.0. The van der Waals surface area contributed by atoms with E-state index in [-0.39, 0.29) is 31.3 Å². The summed E-state index contributed by atoms with van der Waals surface area (Å²) >= 11 is 13.8. The molecule has 0 aliphatic carbocycles. The predicted molar refractivity (Wildman–Crippen MR) is 233 cm³/mol. The van der Waals surface area contributed by atoms with Gasteiger partial charge in [0.15, 0.2) is 5.78 Å². The first-order valence-corrected chi connectivity index (χ1v) is 24.5. The lowest BCUT2D eigenvalue weighted by Gasteiger charge is -2.32. The van der Waals surface area contributed by atoms with Crippen LogP contribution in [-0.4, -0.2) is 76.4 Å². The fourth-order valence-corrected chi connectivity index (χ4v) is 7.41. The third-order valence-corrected chi connectivity index (χ3v) is 10.9. The number of amides is 1. The highest BCUT2D eigenvalue weighted by Gasteiger charge is 2.72. The number of aryl methyl sites for hydroxylation is 1. The second-order valence-electron chi connectivity index (χ2n) is 15.7. The molecule has 0 radical (unpaired) electrons. The first-order valence-electron chi connectivity index (χ1n) is 20.1. The Balaban J connectivity index is 0.000000238. The van der Waals surface area contributed by atoms with E-state index in [0.717, 1.165) is 52.3 Å². The average molecular weight is 1090 g/mol. The number of carbonyl (C=O) groups excluding carboxylic acids is 2. The zero-order valence-corrected chi connectivity index (χ0v) is 39.1. The number of hydrogen-bond donors (Lipinski definition) is 3. The minimum absolute atomic E-state index is 0.133. The maximum atomic E-state index is 13.0. The van der Waals surface area contributed by atoms with Crippen LogP contribution in [0.4, 0.5) is 64.1 Å². The molecule has 4 aromatic carbocycles. The van der Waals surface area contributed by atoms with Crippen LogP contribution < -0.4 is 15.1 Å². The van der Waals surface area contributed by atoms with E-state index in [9.17, 15) is 77.1 Å². The number of halogens is 15. The molecular weight excluding hydrogens is 1050 g/mol. The van der Waals surface area contributed by atoms with Gasteiger partial charge in [0.25, 0.3) is 11.2 Å². The molecule has 0 fully saturated rings. The largest absolute Gasteiger partial charge is 0.430 e. The maximum absolute atomic E-state index is 13.0. The molecule has 0 saturated heterocycles. The molecule has 0 bridgehead atoms. The molecule has 7 rings (SSSR count). The number of aliphatic hydroxyl groups is 2. The van der Waals surface area contributed by atoms with Crippen molar-refractivity contribution in [1.29, 1.82) is 0 Å². The normalized spacial score (nSPS) is 14.3. The first-order chi connectivity index (χ1) is 32.1. The van der Waals surface area contributed by atoms with Crippen LogP contribution in [0.25, 0.3) is 11.5 Å². The Morgan fingerprint density at radius 2 is 1.06 bits per heavy atom. The van der Waals surface area contributed by atoms with Crippen LogP contribution in [0.15, 0.2) is 89.3 Å². The molecule has 1 amide bonds. The summed E-state index contributed by atoms with van der Waals surface area (Å²) in [6.45, 7) is 4.50. The molecule has 1 aromatic heterocycles. The number of aromatic nitrogens is 2. The van der Waals surface area contributed by atoms with Crippen molar-refractivity contribution in [3.8, 4) is 11.5 Å². The summed E-state index contributed by atoms with van der Waals surface area (Å²) < 4.78 is 171. The van der Waals surface area contributed by atoms with Gasteiger partial charge < -0.3 is 29.7 Å². The van der Waals surface area contributed by atoms with Crippen LogP contribution in [0.1, 0.15) is 56.6 Å². The third-order valence-electron chi connectivity index (χ3n) is 10.9. The van der Waals surface area contributed by atoms with Crippen LogP contribution in [0.3, 0.4) is 0 Å². The van der Waals surface area contributed by atoms with E-state index >= 15 is 0 Å². The number of benzene rings is 4. The van der Waals surface area contributed by atoms with Crippen LogP contribution in [0.2, 0.25) is 0 Å². The number of anilines is 2. The molecule has 0 saturated carbocycles. The molecule has 380 valence electrons. The Bertz CT molecular complexity index is 2680. The Hall–Kier alpha value is -5.06. The van der Waals surface area contributed by atoms with Crippen molar-refractivity contribution in [2.45, 2.75) is 75.7 Å². The van der Waals surface area contributed by atoms with Crippen molar-refractivity contribution >= 4 is 62.0 Å². The lowest BCUT2D eigenvalue weighted by Crippen LogP contribution is -2.53. The van der Waals surface area contributed by atoms with E-state index < -0.39 is 52.2 Å². The molecule has 2 aliphatic rings. The fourth-order valence-electron chi connectivity index (χ4n) is 7.41. The van der Waals surface area contributed by atoms with E-state index in [1.54, 1.807) is 31.2 Å². The molecule has 2 aliphatic heterocycles. The molecule has 0 atom stereocenters.